The van der Waals surface area contributed by atoms with Gasteiger partial charge in [-0.05, 0) is 49.2 Å². The highest BCUT2D eigenvalue weighted by Crippen LogP contribution is 2.23. The molecule has 0 unspecified atom stereocenters. The van der Waals surface area contributed by atoms with Crippen LogP contribution in [0, 0.1) is 6.92 Å². The van der Waals surface area contributed by atoms with Crippen molar-refractivity contribution in [2.75, 3.05) is 18.2 Å². The van der Waals surface area contributed by atoms with E-state index in [0.717, 1.165) is 30.4 Å². The summed E-state index contributed by atoms with van der Waals surface area (Å²) < 4.78 is 31.1. The summed E-state index contributed by atoms with van der Waals surface area (Å²) in [6.45, 7) is 4.62. The van der Waals surface area contributed by atoms with Crippen LogP contribution in [0.3, 0.4) is 0 Å². The molecule has 2 aromatic heterocycles. The minimum Gasteiger partial charge on any atom is -0.494 e. The number of aromatic nitrogens is 2. The van der Waals surface area contributed by atoms with Crippen molar-refractivity contribution in [3.05, 3.63) is 53.9 Å². The fourth-order valence-corrected chi connectivity index (χ4v) is 3.59. The monoisotopic (exact) mass is 401 g/mol. The zero-order valence-electron chi connectivity index (χ0n) is 16.1. The number of hydrogen-bond donors (Lipinski definition) is 1. The molecule has 3 aromatic rings. The molecule has 8 heteroatoms. The van der Waals surface area contributed by atoms with E-state index in [-0.39, 0.29) is 10.9 Å². The fraction of sp³-hybridized carbons (Fsp3) is 0.300. The van der Waals surface area contributed by atoms with E-state index in [2.05, 4.69) is 17.2 Å². The van der Waals surface area contributed by atoms with Gasteiger partial charge in [0.1, 0.15) is 5.75 Å². The largest absolute Gasteiger partial charge is 0.494 e. The molecule has 0 saturated heterocycles. The molecule has 3 rings (SSSR count). The van der Waals surface area contributed by atoms with Crippen LogP contribution in [0.1, 0.15) is 35.8 Å². The van der Waals surface area contributed by atoms with Crippen molar-refractivity contribution in [3.63, 3.8) is 0 Å². The van der Waals surface area contributed by atoms with Gasteiger partial charge in [0.2, 0.25) is 15.0 Å². The van der Waals surface area contributed by atoms with Crippen molar-refractivity contribution < 1.29 is 17.9 Å². The van der Waals surface area contributed by atoms with Crippen LogP contribution in [0.5, 0.6) is 5.75 Å². The number of ether oxygens (including phenoxy) is 1. The second kappa shape index (κ2) is 8.02. The van der Waals surface area contributed by atoms with Crippen LogP contribution >= 0.6 is 0 Å². The first-order valence-electron chi connectivity index (χ1n) is 9.03. The number of amides is 1. The number of sulfone groups is 1. The Hall–Kier alpha value is -2.87. The number of rotatable bonds is 7. The lowest BCUT2D eigenvalue weighted by Gasteiger charge is -2.11. The van der Waals surface area contributed by atoms with Crippen LogP contribution in [0.15, 0.2) is 47.8 Å². The van der Waals surface area contributed by atoms with Crippen molar-refractivity contribution >= 4 is 26.9 Å². The topological polar surface area (TPSA) is 89.8 Å². The van der Waals surface area contributed by atoms with Gasteiger partial charge in [0.15, 0.2) is 5.69 Å². The second-order valence-electron chi connectivity index (χ2n) is 6.60. The molecule has 0 aliphatic heterocycles. The van der Waals surface area contributed by atoms with Gasteiger partial charge in [-0.15, -0.1) is 0 Å². The summed E-state index contributed by atoms with van der Waals surface area (Å²) in [7, 11) is -3.58. The highest BCUT2D eigenvalue weighted by atomic mass is 32.2. The van der Waals surface area contributed by atoms with Gasteiger partial charge in [0.25, 0.3) is 5.91 Å². The molecule has 0 radical (unpaired) electrons. The summed E-state index contributed by atoms with van der Waals surface area (Å²) in [5.41, 5.74) is 1.95. The third-order valence-electron chi connectivity index (χ3n) is 4.28. The maximum atomic E-state index is 12.8. The van der Waals surface area contributed by atoms with Crippen molar-refractivity contribution in [2.24, 2.45) is 0 Å². The lowest BCUT2D eigenvalue weighted by molar-refractivity contribution is 0.102. The number of nitrogens with one attached hydrogen (secondary N) is 1. The van der Waals surface area contributed by atoms with Gasteiger partial charge < -0.3 is 10.1 Å². The lowest BCUT2D eigenvalue weighted by Crippen LogP contribution is -2.14. The van der Waals surface area contributed by atoms with Crippen LogP contribution in [0.4, 0.5) is 5.69 Å². The van der Waals surface area contributed by atoms with Gasteiger partial charge in [-0.3, -0.25) is 9.20 Å². The standard InChI is InChI=1S/C20H23N3O4S/c1-4-5-12-27-15-9-10-16(14(2)13-15)21-19(24)18-17-8-6-7-11-23(17)20(22-18)28(3,25)26/h6-11,13H,4-5,12H2,1-3H3,(H,21,24). The molecular weight excluding hydrogens is 378 g/mol. The average molecular weight is 401 g/mol. The third kappa shape index (κ3) is 4.17. The SMILES string of the molecule is CCCCOc1ccc(NC(=O)c2nc(S(C)(=O)=O)n3ccccc23)c(C)c1. The summed E-state index contributed by atoms with van der Waals surface area (Å²) in [6, 6.07) is 10.5. The summed E-state index contributed by atoms with van der Waals surface area (Å²) >= 11 is 0. The molecule has 2 heterocycles. The highest BCUT2D eigenvalue weighted by Gasteiger charge is 2.23. The number of pyridine rings is 1. The molecule has 0 aliphatic rings. The molecule has 148 valence electrons. The van der Waals surface area contributed by atoms with E-state index in [4.69, 9.17) is 4.74 Å². The lowest BCUT2D eigenvalue weighted by atomic mass is 10.2. The van der Waals surface area contributed by atoms with E-state index in [1.54, 1.807) is 36.5 Å². The van der Waals surface area contributed by atoms with E-state index in [1.165, 1.54) is 4.40 Å². The van der Waals surface area contributed by atoms with Gasteiger partial charge in [0, 0.05) is 18.1 Å². The zero-order valence-corrected chi connectivity index (χ0v) is 16.9. The van der Waals surface area contributed by atoms with E-state index in [1.807, 2.05) is 13.0 Å². The Labute approximate surface area is 164 Å². The predicted molar refractivity (Wildman–Crippen MR) is 108 cm³/mol. The van der Waals surface area contributed by atoms with Crippen molar-refractivity contribution in [1.29, 1.82) is 0 Å². The highest BCUT2D eigenvalue weighted by molar-refractivity contribution is 7.90. The molecule has 1 amide bonds. The van der Waals surface area contributed by atoms with Gasteiger partial charge in [-0.25, -0.2) is 13.4 Å². The smallest absolute Gasteiger partial charge is 0.276 e. The number of nitrogens with zero attached hydrogens (tertiary/aromatic N) is 2. The summed E-state index contributed by atoms with van der Waals surface area (Å²) in [5.74, 6) is 0.275. The van der Waals surface area contributed by atoms with Crippen LogP contribution in [-0.4, -0.2) is 36.6 Å². The average Bonchev–Trinajstić information content (AvgIpc) is 3.04. The summed E-state index contributed by atoms with van der Waals surface area (Å²) in [6.07, 6.45) is 4.68. The van der Waals surface area contributed by atoms with Crippen LogP contribution in [-0.2, 0) is 9.84 Å². The van der Waals surface area contributed by atoms with E-state index in [9.17, 15) is 13.2 Å². The summed E-state index contributed by atoms with van der Waals surface area (Å²) in [4.78, 5) is 16.9. The molecular formula is C20H23N3O4S. The van der Waals surface area contributed by atoms with Crippen molar-refractivity contribution in [3.8, 4) is 5.75 Å². The van der Waals surface area contributed by atoms with Gasteiger partial charge >= 0.3 is 0 Å². The van der Waals surface area contributed by atoms with Gasteiger partial charge in [-0.2, -0.15) is 0 Å². The molecule has 1 aromatic carbocycles. The number of hydrogen-bond acceptors (Lipinski definition) is 5. The molecule has 7 nitrogen and oxygen atoms in total. The maximum absolute atomic E-state index is 12.8. The Morgan fingerprint density at radius 2 is 2.04 bits per heavy atom. The minimum atomic E-state index is -3.58. The van der Waals surface area contributed by atoms with Crippen molar-refractivity contribution in [1.82, 2.24) is 9.38 Å². The van der Waals surface area contributed by atoms with Gasteiger partial charge in [-0.1, -0.05) is 19.4 Å². The Kier molecular flexibility index (Phi) is 5.69. The Morgan fingerprint density at radius 3 is 2.71 bits per heavy atom. The zero-order chi connectivity index (χ0) is 20.3. The first-order valence-corrected chi connectivity index (χ1v) is 10.9. The maximum Gasteiger partial charge on any atom is 0.276 e. The van der Waals surface area contributed by atoms with E-state index >= 15 is 0 Å². The number of aryl methyl sites for hydroxylation is 1. The number of benzene rings is 1. The second-order valence-corrected chi connectivity index (χ2v) is 8.51. The quantitative estimate of drug-likeness (QED) is 0.612. The van der Waals surface area contributed by atoms with E-state index in [0.29, 0.717) is 17.8 Å². The van der Waals surface area contributed by atoms with Crippen molar-refractivity contribution in [2.45, 2.75) is 31.8 Å². The molecule has 0 fully saturated rings. The molecule has 0 bridgehead atoms. The van der Waals surface area contributed by atoms with Crippen LogP contribution in [0.25, 0.3) is 5.52 Å². The number of imidazole rings is 1. The van der Waals surface area contributed by atoms with Crippen LogP contribution in [0.2, 0.25) is 0 Å². The number of anilines is 1. The Balaban J connectivity index is 1.88. The first kappa shape index (κ1) is 19.9. The number of carbonyl (C=O) groups is 1. The fourth-order valence-electron chi connectivity index (χ4n) is 2.82. The van der Waals surface area contributed by atoms with E-state index < -0.39 is 15.7 Å². The predicted octanol–water partition coefficient (Wildman–Crippen LogP) is 3.48. The first-order chi connectivity index (χ1) is 13.3. The minimum absolute atomic E-state index is 0.0590. The molecule has 0 atom stereocenters. The molecule has 0 spiro atoms. The number of carbonyl (C=O) groups excluding carboxylic acids is 1. The number of unbranched alkanes of at least 4 members (excludes halogenated alkanes) is 1. The molecule has 28 heavy (non-hydrogen) atoms. The Bertz CT molecular complexity index is 1120. The summed E-state index contributed by atoms with van der Waals surface area (Å²) in [5, 5.41) is 2.65. The Morgan fingerprint density at radius 1 is 1.25 bits per heavy atom. The third-order valence-corrected chi connectivity index (χ3v) is 5.23. The number of fused-ring (bicyclic) bond motifs is 1. The molecule has 1 N–H and O–H groups in total. The van der Waals surface area contributed by atoms with Gasteiger partial charge in [0.05, 0.1) is 12.1 Å². The molecule has 0 saturated carbocycles. The van der Waals surface area contributed by atoms with Crippen LogP contribution < -0.4 is 10.1 Å². The molecule has 0 aliphatic carbocycles. The normalized spacial score (nSPS) is 11.5.